The lowest BCUT2D eigenvalue weighted by Crippen LogP contribution is -2.59. The van der Waals surface area contributed by atoms with Gasteiger partial charge in [0.1, 0.15) is 4.21 Å². The van der Waals surface area contributed by atoms with Crippen LogP contribution in [0.5, 0.6) is 0 Å². The number of sulfonamides is 1. The zero-order valence-corrected chi connectivity index (χ0v) is 21.6. The molecule has 1 aliphatic rings. The minimum atomic E-state index is -4.84. The van der Waals surface area contributed by atoms with Crippen LogP contribution in [0.1, 0.15) is 33.3 Å². The number of hydrogen-bond donors (Lipinski definition) is 1. The molecule has 35 heavy (non-hydrogen) atoms. The molecular formula is C23H30F3N3O4S2. The number of nitrogens with zero attached hydrogens (tertiary/aromatic N) is 3. The summed E-state index contributed by atoms with van der Waals surface area (Å²) in [7, 11) is -3.71. The number of thiophene rings is 1. The second-order valence-electron chi connectivity index (χ2n) is 9.02. The topological polar surface area (TPSA) is 81.2 Å². The summed E-state index contributed by atoms with van der Waals surface area (Å²) in [5.74, 6) is -0.158. The van der Waals surface area contributed by atoms with E-state index in [2.05, 4.69) is 0 Å². The van der Waals surface area contributed by atoms with Gasteiger partial charge in [0.15, 0.2) is 5.60 Å². The van der Waals surface area contributed by atoms with Gasteiger partial charge in [0.2, 0.25) is 5.91 Å². The maximum Gasteiger partial charge on any atom is 0.421 e. The van der Waals surface area contributed by atoms with E-state index < -0.39 is 27.8 Å². The first-order chi connectivity index (χ1) is 16.2. The SMILES string of the molecule is CC(=O)N(CC1CN(S(=O)(=O)c2cccs2)CCN1c1ccc(C(C)(O)C(F)(F)F)cc1)C(C)C. The van der Waals surface area contributed by atoms with Gasteiger partial charge in [-0.15, -0.1) is 11.3 Å². The smallest absolute Gasteiger partial charge is 0.376 e. The van der Waals surface area contributed by atoms with E-state index in [4.69, 9.17) is 0 Å². The molecule has 0 spiro atoms. The number of alkyl halides is 3. The standard InChI is InChI=1S/C23H30F3N3O4S2/c1-16(2)29(17(3)30)15-20-14-27(35(32,33)21-6-5-13-34-21)11-12-28(20)19-9-7-18(8-10-19)22(4,31)23(24,25)26/h5-10,13,16,20,31H,11-12,14-15H2,1-4H3. The van der Waals surface area contributed by atoms with Gasteiger partial charge < -0.3 is 14.9 Å². The van der Waals surface area contributed by atoms with Crippen molar-refractivity contribution in [2.75, 3.05) is 31.1 Å². The first-order valence-corrected chi connectivity index (χ1v) is 13.5. The summed E-state index contributed by atoms with van der Waals surface area (Å²) >= 11 is 1.13. The summed E-state index contributed by atoms with van der Waals surface area (Å²) in [6, 6.07) is 8.07. The number of rotatable bonds is 7. The molecule has 1 saturated heterocycles. The Labute approximate surface area is 207 Å². The second-order valence-corrected chi connectivity index (χ2v) is 12.1. The van der Waals surface area contributed by atoms with Crippen LogP contribution in [0, 0.1) is 0 Å². The number of piperazine rings is 1. The summed E-state index contributed by atoms with van der Waals surface area (Å²) < 4.78 is 67.6. The lowest BCUT2D eigenvalue weighted by molar-refractivity contribution is -0.258. The number of amides is 1. The molecule has 1 aromatic heterocycles. The average molecular weight is 534 g/mol. The van der Waals surface area contributed by atoms with Gasteiger partial charge in [-0.25, -0.2) is 8.42 Å². The molecule has 194 valence electrons. The molecule has 1 fully saturated rings. The number of benzene rings is 1. The fraction of sp³-hybridized carbons (Fsp3) is 0.522. The van der Waals surface area contributed by atoms with Crippen LogP contribution in [0.25, 0.3) is 0 Å². The van der Waals surface area contributed by atoms with E-state index in [1.807, 2.05) is 18.7 Å². The summed E-state index contributed by atoms with van der Waals surface area (Å²) in [6.07, 6.45) is -4.84. The van der Waals surface area contributed by atoms with Crippen molar-refractivity contribution in [2.24, 2.45) is 0 Å². The molecule has 7 nitrogen and oxygen atoms in total. The Bertz CT molecular complexity index is 1120. The molecule has 0 aliphatic carbocycles. The van der Waals surface area contributed by atoms with Gasteiger partial charge >= 0.3 is 6.18 Å². The zero-order valence-electron chi connectivity index (χ0n) is 20.0. The van der Waals surface area contributed by atoms with Gasteiger partial charge in [-0.2, -0.15) is 17.5 Å². The third kappa shape index (κ3) is 5.65. The third-order valence-electron chi connectivity index (χ3n) is 6.28. The van der Waals surface area contributed by atoms with Crippen LogP contribution >= 0.6 is 11.3 Å². The van der Waals surface area contributed by atoms with E-state index in [1.165, 1.54) is 35.5 Å². The summed E-state index contributed by atoms with van der Waals surface area (Å²) in [4.78, 5) is 15.8. The number of carbonyl (C=O) groups excluding carboxylic acids is 1. The fourth-order valence-electron chi connectivity index (χ4n) is 4.15. The molecule has 3 rings (SSSR count). The zero-order chi connectivity index (χ0) is 26.2. The number of anilines is 1. The van der Waals surface area contributed by atoms with Crippen LogP contribution in [0.15, 0.2) is 46.0 Å². The average Bonchev–Trinajstić information content (AvgIpc) is 3.32. The van der Waals surface area contributed by atoms with Crippen molar-refractivity contribution >= 4 is 33.0 Å². The van der Waals surface area contributed by atoms with E-state index >= 15 is 0 Å². The molecule has 2 heterocycles. The Hall–Kier alpha value is -2.15. The highest BCUT2D eigenvalue weighted by Crippen LogP contribution is 2.39. The van der Waals surface area contributed by atoms with Crippen molar-refractivity contribution in [3.05, 3.63) is 47.3 Å². The Morgan fingerprint density at radius 2 is 1.83 bits per heavy atom. The van der Waals surface area contributed by atoms with Crippen LogP contribution in [0.4, 0.5) is 18.9 Å². The lowest BCUT2D eigenvalue weighted by Gasteiger charge is -2.44. The van der Waals surface area contributed by atoms with Gasteiger partial charge in [0.25, 0.3) is 10.0 Å². The van der Waals surface area contributed by atoms with Gasteiger partial charge in [0.05, 0.1) is 6.04 Å². The highest BCUT2D eigenvalue weighted by molar-refractivity contribution is 7.91. The van der Waals surface area contributed by atoms with Crippen LogP contribution < -0.4 is 4.90 Å². The monoisotopic (exact) mass is 533 g/mol. The molecule has 0 radical (unpaired) electrons. The Morgan fingerprint density at radius 1 is 1.20 bits per heavy atom. The van der Waals surface area contributed by atoms with Gasteiger partial charge in [-0.3, -0.25) is 4.79 Å². The number of hydrogen-bond acceptors (Lipinski definition) is 6. The van der Waals surface area contributed by atoms with E-state index in [1.54, 1.807) is 22.4 Å². The molecule has 0 bridgehead atoms. The lowest BCUT2D eigenvalue weighted by atomic mass is 9.95. The maximum atomic E-state index is 13.2. The Morgan fingerprint density at radius 3 is 2.31 bits per heavy atom. The number of aliphatic hydroxyl groups is 1. The van der Waals surface area contributed by atoms with Crippen LogP contribution in [0.2, 0.25) is 0 Å². The highest BCUT2D eigenvalue weighted by Gasteiger charge is 2.51. The van der Waals surface area contributed by atoms with Gasteiger partial charge in [-0.05, 0) is 49.9 Å². The number of halogens is 3. The molecule has 2 atom stereocenters. The predicted octanol–water partition coefficient (Wildman–Crippen LogP) is 3.65. The third-order valence-corrected chi connectivity index (χ3v) is 9.52. The molecule has 1 aromatic carbocycles. The van der Waals surface area contributed by atoms with Crippen LogP contribution in [-0.2, 0) is 20.4 Å². The molecule has 2 aromatic rings. The van der Waals surface area contributed by atoms with Crippen molar-refractivity contribution in [1.29, 1.82) is 0 Å². The van der Waals surface area contributed by atoms with Crippen molar-refractivity contribution < 1.29 is 31.5 Å². The van der Waals surface area contributed by atoms with Crippen molar-refractivity contribution in [1.82, 2.24) is 9.21 Å². The first-order valence-electron chi connectivity index (χ1n) is 11.1. The van der Waals surface area contributed by atoms with Crippen molar-refractivity contribution in [2.45, 2.75) is 55.8 Å². The van der Waals surface area contributed by atoms with E-state index in [-0.39, 0.29) is 47.9 Å². The molecule has 2 unspecified atom stereocenters. The maximum absolute atomic E-state index is 13.2. The molecule has 12 heteroatoms. The molecular weight excluding hydrogens is 503 g/mol. The normalized spacial score (nSPS) is 19.6. The van der Waals surface area contributed by atoms with E-state index in [9.17, 15) is 31.5 Å². The van der Waals surface area contributed by atoms with E-state index in [0.717, 1.165) is 11.3 Å². The second kappa shape index (κ2) is 10.1. The van der Waals surface area contributed by atoms with Crippen LogP contribution in [-0.4, -0.2) is 73.1 Å². The summed E-state index contributed by atoms with van der Waals surface area (Å²) in [5.41, 5.74) is -2.71. The van der Waals surface area contributed by atoms with Crippen molar-refractivity contribution in [3.63, 3.8) is 0 Å². The quantitative estimate of drug-likeness (QED) is 0.588. The molecule has 1 aliphatic heterocycles. The van der Waals surface area contributed by atoms with Crippen LogP contribution in [0.3, 0.4) is 0 Å². The minimum Gasteiger partial charge on any atom is -0.376 e. The fourth-order valence-corrected chi connectivity index (χ4v) is 6.76. The first kappa shape index (κ1) is 27.4. The largest absolute Gasteiger partial charge is 0.421 e. The summed E-state index contributed by atoms with van der Waals surface area (Å²) in [6.45, 7) is 6.69. The Kier molecular flexibility index (Phi) is 7.90. The molecule has 1 N–H and O–H groups in total. The predicted molar refractivity (Wildman–Crippen MR) is 129 cm³/mol. The molecule has 1 amide bonds. The van der Waals surface area contributed by atoms with Gasteiger partial charge in [-0.1, -0.05) is 18.2 Å². The van der Waals surface area contributed by atoms with Gasteiger partial charge in [0, 0.05) is 44.8 Å². The van der Waals surface area contributed by atoms with E-state index in [0.29, 0.717) is 12.6 Å². The molecule has 0 saturated carbocycles. The highest BCUT2D eigenvalue weighted by atomic mass is 32.2. The number of carbonyl (C=O) groups is 1. The Balaban J connectivity index is 1.93. The minimum absolute atomic E-state index is 0.110. The summed E-state index contributed by atoms with van der Waals surface area (Å²) in [5, 5.41) is 11.7. The van der Waals surface area contributed by atoms with Crippen molar-refractivity contribution in [3.8, 4) is 0 Å².